The molecule has 1 aromatic carbocycles. The summed E-state index contributed by atoms with van der Waals surface area (Å²) >= 11 is 8.43. The number of nitrogens with zero attached hydrogens (tertiary/aromatic N) is 1. The van der Waals surface area contributed by atoms with E-state index < -0.39 is 0 Å². The van der Waals surface area contributed by atoms with Crippen molar-refractivity contribution in [2.45, 2.75) is 6.42 Å². The van der Waals surface area contributed by atoms with E-state index >= 15 is 0 Å². The molecule has 0 aliphatic heterocycles. The third-order valence-electron chi connectivity index (χ3n) is 2.73. The molecule has 5 heteroatoms. The number of hydrogen-bond donors (Lipinski definition) is 2. The molecule has 98 valence electrons. The minimum absolute atomic E-state index is 0.398. The molecule has 0 atom stereocenters. The summed E-state index contributed by atoms with van der Waals surface area (Å²) in [4.78, 5) is 4.40. The second kappa shape index (κ2) is 6.63. The Hall–Kier alpha value is -1.46. The van der Waals surface area contributed by atoms with E-state index in [0.29, 0.717) is 4.99 Å². The van der Waals surface area contributed by atoms with Crippen molar-refractivity contribution in [1.82, 2.24) is 4.98 Å². The minimum Gasteiger partial charge on any atom is -0.389 e. The Kier molecular flexibility index (Phi) is 4.87. The Morgan fingerprint density at radius 3 is 2.63 bits per heavy atom. The lowest BCUT2D eigenvalue weighted by molar-refractivity contribution is 1.01. The van der Waals surface area contributed by atoms with Gasteiger partial charge in [-0.25, -0.2) is 0 Å². The number of halogens is 1. The molecule has 0 aliphatic carbocycles. The van der Waals surface area contributed by atoms with Crippen molar-refractivity contribution in [1.29, 1.82) is 0 Å². The summed E-state index contributed by atoms with van der Waals surface area (Å²) in [6.45, 7) is 0.864. The van der Waals surface area contributed by atoms with Crippen LogP contribution in [-0.2, 0) is 6.42 Å². The van der Waals surface area contributed by atoms with Gasteiger partial charge in [0.1, 0.15) is 4.99 Å². The van der Waals surface area contributed by atoms with Gasteiger partial charge in [-0.3, -0.25) is 4.98 Å². The fourth-order valence-corrected chi connectivity index (χ4v) is 2.63. The Balaban J connectivity index is 1.93. The lowest BCUT2D eigenvalue weighted by Gasteiger charge is -2.09. The Morgan fingerprint density at radius 1 is 1.26 bits per heavy atom. The van der Waals surface area contributed by atoms with Crippen molar-refractivity contribution in [3.05, 3.63) is 58.3 Å². The summed E-state index contributed by atoms with van der Waals surface area (Å²) in [5.74, 6) is 0. The number of rotatable bonds is 5. The average Bonchev–Trinajstić information content (AvgIpc) is 2.39. The van der Waals surface area contributed by atoms with Gasteiger partial charge >= 0.3 is 0 Å². The summed E-state index contributed by atoms with van der Waals surface area (Å²) in [5.41, 5.74) is 8.78. The van der Waals surface area contributed by atoms with Crippen molar-refractivity contribution in [3.63, 3.8) is 0 Å². The van der Waals surface area contributed by atoms with Gasteiger partial charge in [0.25, 0.3) is 0 Å². The number of nitrogens with one attached hydrogen (secondary N) is 1. The molecule has 0 aliphatic rings. The smallest absolute Gasteiger partial charge is 0.105 e. The van der Waals surface area contributed by atoms with Gasteiger partial charge in [0.05, 0.1) is 0 Å². The number of benzene rings is 1. The molecule has 0 bridgehead atoms. The van der Waals surface area contributed by atoms with E-state index in [4.69, 9.17) is 18.0 Å². The molecule has 0 saturated carbocycles. The fraction of sp³-hybridized carbons (Fsp3) is 0.143. The highest BCUT2D eigenvalue weighted by molar-refractivity contribution is 9.10. The summed E-state index contributed by atoms with van der Waals surface area (Å²) in [6, 6.07) is 9.93. The summed E-state index contributed by atoms with van der Waals surface area (Å²) < 4.78 is 0.911. The Morgan fingerprint density at radius 2 is 2.00 bits per heavy atom. The normalized spacial score (nSPS) is 10.2. The molecular formula is C14H14BrN3S. The highest BCUT2D eigenvalue weighted by atomic mass is 79.9. The molecule has 19 heavy (non-hydrogen) atoms. The SMILES string of the molecule is NC(=S)c1ccc(NCCc2ccncc2)cc1Br. The van der Waals surface area contributed by atoms with E-state index in [0.717, 1.165) is 28.7 Å². The molecule has 2 rings (SSSR count). The van der Waals surface area contributed by atoms with Crippen LogP contribution in [0.5, 0.6) is 0 Å². The van der Waals surface area contributed by atoms with E-state index in [1.165, 1.54) is 5.56 Å². The summed E-state index contributed by atoms with van der Waals surface area (Å²) in [5, 5.41) is 3.37. The third-order valence-corrected chi connectivity index (χ3v) is 3.60. The highest BCUT2D eigenvalue weighted by Crippen LogP contribution is 2.21. The van der Waals surface area contributed by atoms with E-state index in [1.54, 1.807) is 0 Å². The molecule has 0 radical (unpaired) electrons. The maximum atomic E-state index is 5.62. The molecule has 0 fully saturated rings. The van der Waals surface area contributed by atoms with E-state index in [9.17, 15) is 0 Å². The zero-order valence-electron chi connectivity index (χ0n) is 10.3. The number of hydrogen-bond acceptors (Lipinski definition) is 3. The van der Waals surface area contributed by atoms with E-state index in [-0.39, 0.29) is 0 Å². The van der Waals surface area contributed by atoms with Crippen LogP contribution in [0.25, 0.3) is 0 Å². The molecular weight excluding hydrogens is 322 g/mol. The first kappa shape index (κ1) is 14.0. The first-order valence-corrected chi connectivity index (χ1v) is 7.09. The molecule has 3 N–H and O–H groups in total. The second-order valence-corrected chi connectivity index (χ2v) is 5.39. The molecule has 1 aromatic heterocycles. The van der Waals surface area contributed by atoms with Gasteiger partial charge in [-0.15, -0.1) is 0 Å². The third kappa shape index (κ3) is 4.01. The van der Waals surface area contributed by atoms with Crippen LogP contribution in [0.2, 0.25) is 0 Å². The molecule has 0 amide bonds. The molecule has 0 unspecified atom stereocenters. The number of nitrogens with two attached hydrogens (primary N) is 1. The van der Waals surface area contributed by atoms with Crippen molar-refractivity contribution in [2.24, 2.45) is 5.73 Å². The van der Waals surface area contributed by atoms with Crippen molar-refractivity contribution in [3.8, 4) is 0 Å². The van der Waals surface area contributed by atoms with E-state index in [1.807, 2.05) is 42.7 Å². The van der Waals surface area contributed by atoms with Crippen LogP contribution in [0.15, 0.2) is 47.2 Å². The quantitative estimate of drug-likeness (QED) is 0.824. The highest BCUT2D eigenvalue weighted by Gasteiger charge is 2.03. The van der Waals surface area contributed by atoms with Crippen LogP contribution in [0.4, 0.5) is 5.69 Å². The predicted octanol–water partition coefficient (Wildman–Crippen LogP) is 3.13. The standard InChI is InChI=1S/C14H14BrN3S/c15-13-9-11(1-2-12(13)14(16)19)18-8-5-10-3-6-17-7-4-10/h1-4,6-7,9,18H,5,8H2,(H2,16,19). The van der Waals surface area contributed by atoms with Crippen LogP contribution in [-0.4, -0.2) is 16.5 Å². The number of pyridine rings is 1. The van der Waals surface area contributed by atoms with Gasteiger partial charge in [0.15, 0.2) is 0 Å². The van der Waals surface area contributed by atoms with Gasteiger partial charge in [0.2, 0.25) is 0 Å². The Bertz CT molecular complexity index is 572. The van der Waals surface area contributed by atoms with Crippen LogP contribution in [0.1, 0.15) is 11.1 Å². The zero-order valence-corrected chi connectivity index (χ0v) is 12.7. The molecule has 1 heterocycles. The topological polar surface area (TPSA) is 50.9 Å². The molecule has 3 nitrogen and oxygen atoms in total. The van der Waals surface area contributed by atoms with Crippen LogP contribution < -0.4 is 11.1 Å². The predicted molar refractivity (Wildman–Crippen MR) is 86.5 cm³/mol. The largest absolute Gasteiger partial charge is 0.389 e. The number of aromatic nitrogens is 1. The van der Waals surface area contributed by atoms with Crippen molar-refractivity contribution in [2.75, 3.05) is 11.9 Å². The molecule has 2 aromatic rings. The van der Waals surface area contributed by atoms with Crippen LogP contribution in [0.3, 0.4) is 0 Å². The maximum absolute atomic E-state index is 5.62. The minimum atomic E-state index is 0.398. The van der Waals surface area contributed by atoms with Crippen LogP contribution >= 0.6 is 28.1 Å². The Labute approximate surface area is 126 Å². The monoisotopic (exact) mass is 335 g/mol. The van der Waals surface area contributed by atoms with Gasteiger partial charge in [-0.05, 0) is 58.2 Å². The lowest BCUT2D eigenvalue weighted by atomic mass is 10.2. The number of anilines is 1. The van der Waals surface area contributed by atoms with Crippen molar-refractivity contribution < 1.29 is 0 Å². The van der Waals surface area contributed by atoms with Crippen LogP contribution in [0, 0.1) is 0 Å². The first-order valence-electron chi connectivity index (χ1n) is 5.89. The molecule has 0 spiro atoms. The molecule has 0 saturated heterocycles. The van der Waals surface area contributed by atoms with Gasteiger partial charge < -0.3 is 11.1 Å². The number of thiocarbonyl (C=S) groups is 1. The van der Waals surface area contributed by atoms with Gasteiger partial charge in [0, 0.05) is 34.7 Å². The van der Waals surface area contributed by atoms with Gasteiger partial charge in [-0.1, -0.05) is 12.2 Å². The lowest BCUT2D eigenvalue weighted by Crippen LogP contribution is -2.11. The van der Waals surface area contributed by atoms with E-state index in [2.05, 4.69) is 26.2 Å². The first-order chi connectivity index (χ1) is 9.16. The average molecular weight is 336 g/mol. The van der Waals surface area contributed by atoms with Gasteiger partial charge in [-0.2, -0.15) is 0 Å². The fourth-order valence-electron chi connectivity index (χ4n) is 1.73. The second-order valence-electron chi connectivity index (χ2n) is 4.09. The summed E-state index contributed by atoms with van der Waals surface area (Å²) in [6.07, 6.45) is 4.57. The van der Waals surface area contributed by atoms with Crippen molar-refractivity contribution >= 4 is 38.8 Å². The summed E-state index contributed by atoms with van der Waals surface area (Å²) in [7, 11) is 0. The maximum Gasteiger partial charge on any atom is 0.105 e. The zero-order chi connectivity index (χ0) is 13.7.